The summed E-state index contributed by atoms with van der Waals surface area (Å²) in [7, 11) is 0. The van der Waals surface area contributed by atoms with E-state index in [1.165, 1.54) is 9.80 Å². The number of barbiturate groups is 1. The number of rotatable bonds is 12. The molecule has 0 spiro atoms. The van der Waals surface area contributed by atoms with Crippen LogP contribution in [0.1, 0.15) is 36.8 Å². The van der Waals surface area contributed by atoms with Gasteiger partial charge in [0.15, 0.2) is 0 Å². The minimum atomic E-state index is -5.08. The summed E-state index contributed by atoms with van der Waals surface area (Å²) in [6.07, 6.45) is -7.62. The van der Waals surface area contributed by atoms with Gasteiger partial charge in [0, 0.05) is 39.9 Å². The van der Waals surface area contributed by atoms with Gasteiger partial charge in [0.05, 0.1) is 0 Å². The van der Waals surface area contributed by atoms with Gasteiger partial charge >= 0.3 is 30.3 Å². The number of carboxylic acids is 2. The van der Waals surface area contributed by atoms with Crippen LogP contribution in [0, 0.1) is 5.41 Å². The van der Waals surface area contributed by atoms with Crippen LogP contribution < -0.4 is 11.5 Å². The van der Waals surface area contributed by atoms with Gasteiger partial charge in [-0.05, 0) is 87.0 Å². The first-order valence-corrected chi connectivity index (χ1v) is 19.6. The van der Waals surface area contributed by atoms with Crippen molar-refractivity contribution in [3.05, 3.63) is 62.2 Å². The molecule has 0 unspecified atom stereocenters. The number of unbranched alkanes of at least 4 members (excludes halogenated alkanes) is 2. The molecule has 0 radical (unpaired) electrons. The average molecular weight is 1150 g/mol. The molecule has 6 N–H and O–H groups in total. The van der Waals surface area contributed by atoms with Crippen molar-refractivity contribution in [1.29, 1.82) is 0 Å². The number of nitrogens with zero attached hydrogens (tertiary/aromatic N) is 2. The number of imide groups is 2. The molecular formula is C30H30Br6F6N4O7. The molecule has 0 aromatic heterocycles. The van der Waals surface area contributed by atoms with E-state index in [9.17, 15) is 40.7 Å². The highest BCUT2D eigenvalue weighted by Gasteiger charge is 2.57. The van der Waals surface area contributed by atoms with Crippen molar-refractivity contribution >= 4 is 125 Å². The van der Waals surface area contributed by atoms with Gasteiger partial charge in [-0.15, -0.1) is 0 Å². The number of carbonyl (C=O) groups excluding carboxylic acids is 3. The largest absolute Gasteiger partial charge is 0.490 e. The van der Waals surface area contributed by atoms with Crippen molar-refractivity contribution in [2.45, 2.75) is 50.9 Å². The molecule has 0 aliphatic carbocycles. The van der Waals surface area contributed by atoms with Crippen molar-refractivity contribution in [3.8, 4) is 0 Å². The highest BCUT2D eigenvalue weighted by Crippen LogP contribution is 2.44. The zero-order chi connectivity index (χ0) is 41.1. The van der Waals surface area contributed by atoms with E-state index in [1.807, 2.05) is 24.3 Å². The third-order valence-electron chi connectivity index (χ3n) is 7.10. The fraction of sp³-hybridized carbons (Fsp3) is 0.433. The van der Waals surface area contributed by atoms with E-state index in [2.05, 4.69) is 95.6 Å². The lowest BCUT2D eigenvalue weighted by atomic mass is 9.72. The topological polar surface area (TPSA) is 184 Å². The summed E-state index contributed by atoms with van der Waals surface area (Å²) in [6.45, 7) is 1.25. The van der Waals surface area contributed by atoms with Crippen LogP contribution in [0.5, 0.6) is 0 Å². The molecule has 4 amide bonds. The quantitative estimate of drug-likeness (QED) is 0.0919. The first-order chi connectivity index (χ1) is 24.3. The number of benzene rings is 2. The molecule has 1 aliphatic rings. The molecule has 1 aliphatic heterocycles. The van der Waals surface area contributed by atoms with Gasteiger partial charge < -0.3 is 21.7 Å². The predicted octanol–water partition coefficient (Wildman–Crippen LogP) is 8.57. The molecule has 11 nitrogen and oxygen atoms in total. The number of aliphatic carboxylic acids is 2. The summed E-state index contributed by atoms with van der Waals surface area (Å²) >= 11 is 21.5. The van der Waals surface area contributed by atoms with E-state index in [0.717, 1.165) is 38.0 Å². The van der Waals surface area contributed by atoms with Crippen molar-refractivity contribution < 1.29 is 60.5 Å². The maximum atomic E-state index is 14.5. The summed E-state index contributed by atoms with van der Waals surface area (Å²) in [5, 5.41) is 14.2. The van der Waals surface area contributed by atoms with Crippen molar-refractivity contribution in [2.24, 2.45) is 16.9 Å². The van der Waals surface area contributed by atoms with Gasteiger partial charge in [0.2, 0.25) is 11.8 Å². The van der Waals surface area contributed by atoms with Crippen LogP contribution in [-0.4, -0.2) is 88.3 Å². The minimum Gasteiger partial charge on any atom is -0.475 e. The molecule has 2 aromatic carbocycles. The molecule has 1 heterocycles. The molecule has 1 saturated heterocycles. The number of amides is 4. The molecule has 23 heteroatoms. The Morgan fingerprint density at radius 3 is 1.09 bits per heavy atom. The van der Waals surface area contributed by atoms with Crippen LogP contribution in [0.2, 0.25) is 0 Å². The van der Waals surface area contributed by atoms with Gasteiger partial charge in [-0.25, -0.2) is 14.4 Å². The predicted molar refractivity (Wildman–Crippen MR) is 202 cm³/mol. The van der Waals surface area contributed by atoms with Crippen molar-refractivity contribution in [1.82, 2.24) is 9.80 Å². The van der Waals surface area contributed by atoms with E-state index >= 15 is 0 Å². The maximum Gasteiger partial charge on any atom is 0.490 e. The summed E-state index contributed by atoms with van der Waals surface area (Å²) in [6, 6.07) is 6.92. The second-order valence-corrected chi connectivity index (χ2v) is 16.2. The Hall–Kier alpha value is -1.63. The lowest BCUT2D eigenvalue weighted by Crippen LogP contribution is -2.66. The van der Waals surface area contributed by atoms with Crippen LogP contribution in [0.4, 0.5) is 31.1 Å². The Bertz CT molecular complexity index is 1500. The van der Waals surface area contributed by atoms with E-state index in [0.29, 0.717) is 38.8 Å². The lowest BCUT2D eigenvalue weighted by Gasteiger charge is -2.45. The molecule has 296 valence electrons. The van der Waals surface area contributed by atoms with Crippen molar-refractivity contribution in [3.63, 3.8) is 0 Å². The van der Waals surface area contributed by atoms with E-state index in [-0.39, 0.29) is 25.9 Å². The van der Waals surface area contributed by atoms with Gasteiger partial charge in [-0.3, -0.25) is 19.4 Å². The average Bonchev–Trinajstić information content (AvgIpc) is 3.02. The Morgan fingerprint density at radius 1 is 0.604 bits per heavy atom. The van der Waals surface area contributed by atoms with Crippen LogP contribution in [0.25, 0.3) is 0 Å². The summed E-state index contributed by atoms with van der Waals surface area (Å²) in [5.74, 6) is -6.53. The summed E-state index contributed by atoms with van der Waals surface area (Å²) in [4.78, 5) is 62.8. The first kappa shape index (κ1) is 49.4. The van der Waals surface area contributed by atoms with Gasteiger partial charge in [0.25, 0.3) is 0 Å². The van der Waals surface area contributed by atoms with Crippen LogP contribution in [0.15, 0.2) is 51.1 Å². The number of halogens is 12. The highest BCUT2D eigenvalue weighted by atomic mass is 79.9. The number of carboxylic acid groups (broad SMARTS) is 2. The van der Waals surface area contributed by atoms with Crippen LogP contribution in [-0.2, 0) is 32.0 Å². The number of hydrogen-bond donors (Lipinski definition) is 4. The first-order valence-electron chi connectivity index (χ1n) is 14.8. The number of urea groups is 1. The van der Waals surface area contributed by atoms with E-state index < -0.39 is 47.6 Å². The highest BCUT2D eigenvalue weighted by molar-refractivity contribution is 9.12. The second-order valence-electron chi connectivity index (χ2n) is 10.9. The Morgan fingerprint density at radius 2 is 0.868 bits per heavy atom. The number of hydrogen-bond acceptors (Lipinski definition) is 7. The summed E-state index contributed by atoms with van der Waals surface area (Å²) in [5.41, 5.74) is 11.3. The number of alkyl halides is 6. The monoisotopic (exact) mass is 1150 g/mol. The Labute approximate surface area is 349 Å². The third-order valence-corrected chi connectivity index (χ3v) is 10.8. The molecule has 1 fully saturated rings. The lowest BCUT2D eigenvalue weighted by molar-refractivity contribution is -0.193. The maximum absolute atomic E-state index is 14.5. The second kappa shape index (κ2) is 21.6. The van der Waals surface area contributed by atoms with Crippen LogP contribution in [0.3, 0.4) is 0 Å². The smallest absolute Gasteiger partial charge is 0.475 e. The molecular weight excluding hydrogens is 1120 g/mol. The number of carbonyl (C=O) groups is 5. The van der Waals surface area contributed by atoms with E-state index in [1.54, 1.807) is 0 Å². The van der Waals surface area contributed by atoms with Gasteiger partial charge in [-0.1, -0.05) is 95.6 Å². The van der Waals surface area contributed by atoms with E-state index in [4.69, 9.17) is 31.3 Å². The normalized spacial score (nSPS) is 14.3. The molecule has 0 bridgehead atoms. The zero-order valence-corrected chi connectivity index (χ0v) is 36.4. The fourth-order valence-corrected chi connectivity index (χ4v) is 9.68. The standard InChI is InChI=1S/C26H28Br6N4O3.2C2HF3O2/c27-15-9-19(29)17(20(30)10-15)13-26(14-18-21(31)11-16(28)12-22(18)32)23(37)35(7-3-1-5-33)25(39)36(24(26)38)8-4-2-6-34;2*3-2(4,5)1(6)7/h9-12H,1-8,13-14,33-34H2;2*(H,6,7). The summed E-state index contributed by atoms with van der Waals surface area (Å²) < 4.78 is 68.1. The molecule has 2 aromatic rings. The third kappa shape index (κ3) is 14.4. The molecule has 0 saturated carbocycles. The minimum absolute atomic E-state index is 0.0715. The Balaban J connectivity index is 0.000000845. The zero-order valence-electron chi connectivity index (χ0n) is 26.9. The van der Waals surface area contributed by atoms with Gasteiger partial charge in [-0.2, -0.15) is 26.3 Å². The van der Waals surface area contributed by atoms with Crippen LogP contribution >= 0.6 is 95.6 Å². The molecule has 53 heavy (non-hydrogen) atoms. The van der Waals surface area contributed by atoms with Gasteiger partial charge in [0.1, 0.15) is 5.41 Å². The van der Waals surface area contributed by atoms with Crippen molar-refractivity contribution in [2.75, 3.05) is 26.2 Å². The Kier molecular flexibility index (Phi) is 20.1. The SMILES string of the molecule is NCCCCN1C(=O)N(CCCCN)C(=O)C(Cc2c(Br)cc(Br)cc2Br)(Cc2c(Br)cc(Br)cc2Br)C1=O.O=C(O)C(F)(F)F.O=C(O)C(F)(F)F. The molecule has 0 atom stereocenters. The molecule has 3 rings (SSSR count). The number of nitrogens with two attached hydrogens (primary N) is 2. The fourth-order valence-electron chi connectivity index (χ4n) is 4.60.